The number of hydrogen-bond donors (Lipinski definition) is 0. The van der Waals surface area contributed by atoms with Crippen LogP contribution in [-0.4, -0.2) is 55.1 Å². The molecule has 142 valence electrons. The smallest absolute Gasteiger partial charge is 0.338 e. The number of carbonyl (C=O) groups excluding carboxylic acids is 2. The normalized spacial score (nSPS) is 18.3. The summed E-state index contributed by atoms with van der Waals surface area (Å²) >= 11 is 0. The number of esters is 2. The molecule has 0 aliphatic carbocycles. The predicted octanol–water partition coefficient (Wildman–Crippen LogP) is 2.37. The van der Waals surface area contributed by atoms with E-state index in [-0.39, 0.29) is 30.4 Å². The van der Waals surface area contributed by atoms with E-state index >= 15 is 0 Å². The molecule has 0 aromatic heterocycles. The molecule has 1 fully saturated rings. The van der Waals surface area contributed by atoms with Gasteiger partial charge in [-0.2, -0.15) is 0 Å². The maximum Gasteiger partial charge on any atom is 0.338 e. The molecule has 0 N–H and O–H groups in total. The zero-order valence-corrected chi connectivity index (χ0v) is 15.3. The SMILES string of the molecule is CCOC(=O)c1cc([N+](=O)[O-])ccc1C(C(=O)OCC)C1CCN(C)C1. The van der Waals surface area contributed by atoms with E-state index in [0.29, 0.717) is 12.1 Å². The fraction of sp³-hybridized carbons (Fsp3) is 0.556. The molecule has 0 amide bonds. The van der Waals surface area contributed by atoms with Crippen LogP contribution in [0.4, 0.5) is 5.69 Å². The molecule has 0 saturated carbocycles. The Bertz CT molecular complexity index is 690. The average molecular weight is 364 g/mol. The molecule has 1 heterocycles. The molecule has 1 aliphatic rings. The van der Waals surface area contributed by atoms with Gasteiger partial charge in [0.05, 0.1) is 29.6 Å². The number of nitrogens with zero attached hydrogens (tertiary/aromatic N) is 2. The summed E-state index contributed by atoms with van der Waals surface area (Å²) < 4.78 is 10.3. The Morgan fingerprint density at radius 2 is 2.00 bits per heavy atom. The summed E-state index contributed by atoms with van der Waals surface area (Å²) in [5, 5.41) is 11.1. The van der Waals surface area contributed by atoms with Crippen LogP contribution in [0, 0.1) is 16.0 Å². The monoisotopic (exact) mass is 364 g/mol. The minimum Gasteiger partial charge on any atom is -0.466 e. The Labute approximate surface area is 152 Å². The molecule has 2 unspecified atom stereocenters. The molecule has 1 aliphatic heterocycles. The van der Waals surface area contributed by atoms with Crippen LogP contribution in [0.15, 0.2) is 18.2 Å². The van der Waals surface area contributed by atoms with Gasteiger partial charge in [-0.25, -0.2) is 4.79 Å². The molecule has 0 radical (unpaired) electrons. The van der Waals surface area contributed by atoms with Crippen molar-refractivity contribution < 1.29 is 24.0 Å². The van der Waals surface area contributed by atoms with Crippen LogP contribution in [0.2, 0.25) is 0 Å². The Morgan fingerprint density at radius 1 is 1.31 bits per heavy atom. The molecule has 2 rings (SSSR count). The van der Waals surface area contributed by atoms with Crippen molar-refractivity contribution >= 4 is 17.6 Å². The molecule has 1 aromatic rings. The van der Waals surface area contributed by atoms with Gasteiger partial charge in [0.15, 0.2) is 0 Å². The van der Waals surface area contributed by atoms with E-state index in [1.165, 1.54) is 18.2 Å². The van der Waals surface area contributed by atoms with E-state index in [2.05, 4.69) is 4.90 Å². The number of non-ortho nitro benzene ring substituents is 1. The number of ether oxygens (including phenoxy) is 2. The summed E-state index contributed by atoms with van der Waals surface area (Å²) in [4.78, 5) is 37.7. The quantitative estimate of drug-likeness (QED) is 0.416. The lowest BCUT2D eigenvalue weighted by Gasteiger charge is -2.24. The second-order valence-electron chi connectivity index (χ2n) is 6.29. The zero-order chi connectivity index (χ0) is 19.3. The Kier molecular flexibility index (Phi) is 6.68. The summed E-state index contributed by atoms with van der Waals surface area (Å²) in [5.41, 5.74) is 0.254. The molecule has 1 aromatic carbocycles. The molecule has 8 heteroatoms. The third-order valence-corrected chi connectivity index (χ3v) is 4.52. The van der Waals surface area contributed by atoms with Crippen LogP contribution >= 0.6 is 0 Å². The van der Waals surface area contributed by atoms with Gasteiger partial charge in [0.25, 0.3) is 5.69 Å². The van der Waals surface area contributed by atoms with Gasteiger partial charge in [-0.3, -0.25) is 14.9 Å². The van der Waals surface area contributed by atoms with Gasteiger partial charge in [-0.15, -0.1) is 0 Å². The third kappa shape index (κ3) is 4.37. The first-order chi connectivity index (χ1) is 12.4. The second-order valence-corrected chi connectivity index (χ2v) is 6.29. The van der Waals surface area contributed by atoms with Gasteiger partial charge >= 0.3 is 11.9 Å². The lowest BCUT2D eigenvalue weighted by Crippen LogP contribution is -2.28. The molecule has 0 bridgehead atoms. The third-order valence-electron chi connectivity index (χ3n) is 4.52. The van der Waals surface area contributed by atoms with Gasteiger partial charge in [0, 0.05) is 18.7 Å². The maximum atomic E-state index is 12.7. The van der Waals surface area contributed by atoms with Crippen molar-refractivity contribution in [2.45, 2.75) is 26.2 Å². The molecule has 8 nitrogen and oxygen atoms in total. The van der Waals surface area contributed by atoms with Crippen molar-refractivity contribution in [3.8, 4) is 0 Å². The second kappa shape index (κ2) is 8.75. The van der Waals surface area contributed by atoms with E-state index in [0.717, 1.165) is 13.0 Å². The zero-order valence-electron chi connectivity index (χ0n) is 15.3. The summed E-state index contributed by atoms with van der Waals surface area (Å²) in [5.74, 6) is -1.80. The number of carbonyl (C=O) groups is 2. The van der Waals surface area contributed by atoms with E-state index in [4.69, 9.17) is 9.47 Å². The number of benzene rings is 1. The molecular weight excluding hydrogens is 340 g/mol. The number of hydrogen-bond acceptors (Lipinski definition) is 7. The lowest BCUT2D eigenvalue weighted by molar-refractivity contribution is -0.384. The average Bonchev–Trinajstić information content (AvgIpc) is 3.01. The van der Waals surface area contributed by atoms with Crippen molar-refractivity contribution in [3.63, 3.8) is 0 Å². The Balaban J connectivity index is 2.52. The topological polar surface area (TPSA) is 99.0 Å². The summed E-state index contributed by atoms with van der Waals surface area (Å²) in [6.45, 7) is 5.25. The van der Waals surface area contributed by atoms with Crippen LogP contribution in [0.5, 0.6) is 0 Å². The first-order valence-electron chi connectivity index (χ1n) is 8.69. The molecular formula is C18H24N2O6. The van der Waals surface area contributed by atoms with Crippen LogP contribution in [0.3, 0.4) is 0 Å². The number of likely N-dealkylation sites (tertiary alicyclic amines) is 1. The van der Waals surface area contributed by atoms with Crippen molar-refractivity contribution in [2.24, 2.45) is 5.92 Å². The lowest BCUT2D eigenvalue weighted by atomic mass is 9.82. The van der Waals surface area contributed by atoms with Crippen LogP contribution in [0.25, 0.3) is 0 Å². The van der Waals surface area contributed by atoms with Crippen LogP contribution in [-0.2, 0) is 14.3 Å². The van der Waals surface area contributed by atoms with E-state index < -0.39 is 22.8 Å². The fourth-order valence-corrected chi connectivity index (χ4v) is 3.36. The first kappa shape index (κ1) is 19.8. The molecule has 1 saturated heterocycles. The van der Waals surface area contributed by atoms with Crippen molar-refractivity contribution in [3.05, 3.63) is 39.4 Å². The predicted molar refractivity (Wildman–Crippen MR) is 94.0 cm³/mol. The molecule has 0 spiro atoms. The van der Waals surface area contributed by atoms with Gasteiger partial charge < -0.3 is 14.4 Å². The van der Waals surface area contributed by atoms with E-state index in [1.54, 1.807) is 13.8 Å². The minimum absolute atomic E-state index is 0.0336. The number of nitro groups is 1. The van der Waals surface area contributed by atoms with Crippen LogP contribution < -0.4 is 0 Å². The van der Waals surface area contributed by atoms with Crippen molar-refractivity contribution in [2.75, 3.05) is 33.4 Å². The van der Waals surface area contributed by atoms with Gasteiger partial charge in [-0.1, -0.05) is 6.07 Å². The summed E-state index contributed by atoms with van der Waals surface area (Å²) in [7, 11) is 1.96. The largest absolute Gasteiger partial charge is 0.466 e. The van der Waals surface area contributed by atoms with Crippen molar-refractivity contribution in [1.82, 2.24) is 4.90 Å². The van der Waals surface area contributed by atoms with Crippen LogP contribution in [0.1, 0.15) is 42.1 Å². The van der Waals surface area contributed by atoms with E-state index in [1.807, 2.05) is 7.05 Å². The first-order valence-corrected chi connectivity index (χ1v) is 8.69. The number of rotatable bonds is 7. The Hall–Kier alpha value is -2.48. The maximum absolute atomic E-state index is 12.7. The highest BCUT2D eigenvalue weighted by atomic mass is 16.6. The standard InChI is InChI=1S/C18H24N2O6/c1-4-25-17(21)15-10-13(20(23)24)6-7-14(15)16(18(22)26-5-2)12-8-9-19(3)11-12/h6-7,10,12,16H,4-5,8-9,11H2,1-3H3. The van der Waals surface area contributed by atoms with Gasteiger partial charge in [0.2, 0.25) is 0 Å². The minimum atomic E-state index is -0.674. The van der Waals surface area contributed by atoms with Crippen molar-refractivity contribution in [1.29, 1.82) is 0 Å². The fourth-order valence-electron chi connectivity index (χ4n) is 3.36. The highest BCUT2D eigenvalue weighted by molar-refractivity contribution is 5.94. The highest BCUT2D eigenvalue weighted by Gasteiger charge is 2.38. The van der Waals surface area contributed by atoms with E-state index in [9.17, 15) is 19.7 Å². The molecule has 26 heavy (non-hydrogen) atoms. The summed E-state index contributed by atoms with van der Waals surface area (Å²) in [6, 6.07) is 3.96. The highest BCUT2D eigenvalue weighted by Crippen LogP contribution is 2.36. The number of nitro benzene ring substituents is 1. The van der Waals surface area contributed by atoms with Gasteiger partial charge in [0.1, 0.15) is 0 Å². The summed E-state index contributed by atoms with van der Waals surface area (Å²) in [6.07, 6.45) is 0.777. The Morgan fingerprint density at radius 3 is 2.54 bits per heavy atom. The molecule has 2 atom stereocenters. The van der Waals surface area contributed by atoms with Gasteiger partial charge in [-0.05, 0) is 45.3 Å².